The molecule has 1 aliphatic carbocycles. The number of rotatable bonds is 0. The first-order valence-electron chi connectivity index (χ1n) is 5.48. The van der Waals surface area contributed by atoms with Gasteiger partial charge in [-0.15, -0.1) is 0 Å². The molecule has 0 bridgehead atoms. The number of aliphatic hydroxyl groups excluding tert-OH is 2. The quantitative estimate of drug-likeness (QED) is 0.627. The van der Waals surface area contributed by atoms with Gasteiger partial charge in [0, 0.05) is 10.9 Å². The van der Waals surface area contributed by atoms with Crippen LogP contribution in [0.2, 0.25) is 0 Å². The Bertz CT molecular complexity index is 786. The number of carbonyl (C=O) groups is 2. The van der Waals surface area contributed by atoms with Crippen LogP contribution in [0.25, 0.3) is 16.5 Å². The van der Waals surface area contributed by atoms with Gasteiger partial charge in [0.2, 0.25) is 11.5 Å². The van der Waals surface area contributed by atoms with Crippen molar-refractivity contribution in [2.75, 3.05) is 0 Å². The monoisotopic (exact) mass is 256 g/mol. The van der Waals surface area contributed by atoms with Crippen molar-refractivity contribution in [3.05, 3.63) is 47.2 Å². The van der Waals surface area contributed by atoms with E-state index in [1.54, 1.807) is 24.3 Å². The molecule has 0 fully saturated rings. The number of hydrogen-bond acceptors (Lipinski definition) is 5. The Morgan fingerprint density at radius 2 is 1.53 bits per heavy atom. The summed E-state index contributed by atoms with van der Waals surface area (Å²) in [5.41, 5.74) is -0.322. The summed E-state index contributed by atoms with van der Waals surface area (Å²) >= 11 is 0. The highest BCUT2D eigenvalue weighted by molar-refractivity contribution is 6.52. The minimum atomic E-state index is -1.23. The molecule has 5 nitrogen and oxygen atoms in total. The number of ketones is 2. The minimum Gasteiger partial charge on any atom is -0.506 e. The molecule has 0 amide bonds. The Labute approximate surface area is 107 Å². The summed E-state index contributed by atoms with van der Waals surface area (Å²) in [5, 5.41) is 30.2. The fourth-order valence-corrected chi connectivity index (χ4v) is 2.20. The van der Waals surface area contributed by atoms with Crippen LogP contribution in [0.1, 0.15) is 15.9 Å². The van der Waals surface area contributed by atoms with E-state index in [0.29, 0.717) is 10.8 Å². The molecule has 0 spiro atoms. The van der Waals surface area contributed by atoms with Gasteiger partial charge in [0.05, 0.1) is 5.56 Å². The van der Waals surface area contributed by atoms with E-state index in [1.807, 2.05) is 0 Å². The maximum Gasteiger partial charge on any atom is 0.271 e. The molecule has 0 heterocycles. The average Bonchev–Trinajstić information content (AvgIpc) is 2.43. The van der Waals surface area contributed by atoms with E-state index >= 15 is 0 Å². The van der Waals surface area contributed by atoms with Crippen molar-refractivity contribution in [2.24, 2.45) is 0 Å². The molecule has 0 atom stereocenters. The van der Waals surface area contributed by atoms with Crippen molar-refractivity contribution >= 4 is 28.1 Å². The van der Waals surface area contributed by atoms with Gasteiger partial charge in [-0.3, -0.25) is 9.59 Å². The standard InChI is InChI=1S/C14H8O5/c15-10-7-4-2-1-3-6(7)5-8-9(10)12(17)14(19)13(18)11(8)16/h1-5,15-16,18H. The molecule has 2 aromatic carbocycles. The minimum absolute atomic E-state index is 0.0432. The maximum atomic E-state index is 11.8. The molecule has 0 aliphatic heterocycles. The summed E-state index contributed by atoms with van der Waals surface area (Å²) in [5.74, 6) is -4.32. The van der Waals surface area contributed by atoms with E-state index in [9.17, 15) is 24.9 Å². The molecule has 3 N–H and O–H groups in total. The third-order valence-electron chi connectivity index (χ3n) is 3.15. The number of fused-ring (bicyclic) bond motifs is 2. The molecule has 2 aromatic rings. The van der Waals surface area contributed by atoms with E-state index in [0.717, 1.165) is 0 Å². The fraction of sp³-hybridized carbons (Fsp3) is 0. The average molecular weight is 256 g/mol. The molecule has 94 valence electrons. The smallest absolute Gasteiger partial charge is 0.271 e. The normalized spacial score (nSPS) is 14.9. The Morgan fingerprint density at radius 1 is 0.842 bits per heavy atom. The summed E-state index contributed by atoms with van der Waals surface area (Å²) in [4.78, 5) is 23.3. The van der Waals surface area contributed by atoms with Crippen LogP contribution in [-0.4, -0.2) is 26.9 Å². The first-order valence-corrected chi connectivity index (χ1v) is 5.48. The number of phenolic OH excluding ortho intramolecular Hbond substituents is 1. The molecule has 0 saturated carbocycles. The van der Waals surface area contributed by atoms with E-state index in [4.69, 9.17) is 0 Å². The predicted octanol–water partition coefficient (Wildman–Crippen LogP) is 2.10. The van der Waals surface area contributed by atoms with E-state index in [1.165, 1.54) is 6.07 Å². The molecule has 5 heteroatoms. The maximum absolute atomic E-state index is 11.8. The van der Waals surface area contributed by atoms with Crippen LogP contribution < -0.4 is 0 Å². The Kier molecular flexibility index (Phi) is 2.13. The summed E-state index contributed by atoms with van der Waals surface area (Å²) in [7, 11) is 0. The second kappa shape index (κ2) is 3.58. The van der Waals surface area contributed by atoms with Crippen molar-refractivity contribution in [3.63, 3.8) is 0 Å². The molecule has 0 saturated heterocycles. The Balaban J connectivity index is 2.50. The third kappa shape index (κ3) is 1.35. The molecule has 3 rings (SSSR count). The first-order chi connectivity index (χ1) is 9.02. The first kappa shape index (κ1) is 11.3. The number of phenols is 1. The number of allylic oxidation sites excluding steroid dienone is 1. The zero-order chi connectivity index (χ0) is 13.7. The van der Waals surface area contributed by atoms with Gasteiger partial charge in [0.15, 0.2) is 5.76 Å². The number of aliphatic hydroxyl groups is 2. The van der Waals surface area contributed by atoms with Gasteiger partial charge in [-0.1, -0.05) is 24.3 Å². The highest BCUT2D eigenvalue weighted by atomic mass is 16.3. The van der Waals surface area contributed by atoms with Gasteiger partial charge < -0.3 is 15.3 Å². The molecule has 19 heavy (non-hydrogen) atoms. The number of benzene rings is 2. The zero-order valence-electron chi connectivity index (χ0n) is 9.54. The van der Waals surface area contributed by atoms with Crippen LogP contribution in [0.15, 0.2) is 36.1 Å². The SMILES string of the molecule is O=C1C(=O)c2c(cc3ccccc3c2O)C(O)=C1O. The highest BCUT2D eigenvalue weighted by Gasteiger charge is 2.35. The Morgan fingerprint density at radius 3 is 2.26 bits per heavy atom. The van der Waals surface area contributed by atoms with Gasteiger partial charge >= 0.3 is 0 Å². The summed E-state index contributed by atoms with van der Waals surface area (Å²) < 4.78 is 0. The van der Waals surface area contributed by atoms with Crippen LogP contribution in [0.4, 0.5) is 0 Å². The Hall–Kier alpha value is -2.82. The molecule has 0 radical (unpaired) electrons. The van der Waals surface area contributed by atoms with Crippen LogP contribution in [-0.2, 0) is 4.79 Å². The number of carbonyl (C=O) groups excluding carboxylic acids is 2. The zero-order valence-corrected chi connectivity index (χ0v) is 9.54. The number of Topliss-reactive ketones (excluding diaryl/α,β-unsaturated/α-hetero) is 2. The molecular weight excluding hydrogens is 248 g/mol. The van der Waals surface area contributed by atoms with Gasteiger partial charge in [0.1, 0.15) is 5.75 Å². The van der Waals surface area contributed by atoms with Crippen molar-refractivity contribution in [3.8, 4) is 5.75 Å². The number of aromatic hydroxyl groups is 1. The third-order valence-corrected chi connectivity index (χ3v) is 3.15. The van der Waals surface area contributed by atoms with Crippen molar-refractivity contribution in [1.82, 2.24) is 0 Å². The predicted molar refractivity (Wildman–Crippen MR) is 67.1 cm³/mol. The van der Waals surface area contributed by atoms with Crippen LogP contribution in [0, 0.1) is 0 Å². The molecular formula is C14H8O5. The van der Waals surface area contributed by atoms with Crippen LogP contribution in [0.5, 0.6) is 5.75 Å². The molecule has 0 unspecified atom stereocenters. The lowest BCUT2D eigenvalue weighted by atomic mass is 9.89. The van der Waals surface area contributed by atoms with E-state index in [2.05, 4.69) is 0 Å². The lowest BCUT2D eigenvalue weighted by Crippen LogP contribution is -2.24. The van der Waals surface area contributed by atoms with E-state index < -0.39 is 23.1 Å². The molecule has 0 aromatic heterocycles. The summed E-state index contributed by atoms with van der Waals surface area (Å²) in [6.45, 7) is 0. The highest BCUT2D eigenvalue weighted by Crippen LogP contribution is 2.38. The van der Waals surface area contributed by atoms with E-state index in [-0.39, 0.29) is 16.9 Å². The van der Waals surface area contributed by atoms with Gasteiger partial charge in [-0.05, 0) is 11.5 Å². The number of hydrogen-bond donors (Lipinski definition) is 3. The van der Waals surface area contributed by atoms with Gasteiger partial charge in [-0.2, -0.15) is 0 Å². The summed E-state index contributed by atoms with van der Waals surface area (Å²) in [6.07, 6.45) is 0. The van der Waals surface area contributed by atoms with Crippen molar-refractivity contribution in [2.45, 2.75) is 0 Å². The fourth-order valence-electron chi connectivity index (χ4n) is 2.20. The lowest BCUT2D eigenvalue weighted by molar-refractivity contribution is -0.114. The topological polar surface area (TPSA) is 94.8 Å². The largest absolute Gasteiger partial charge is 0.506 e. The van der Waals surface area contributed by atoms with Crippen LogP contribution >= 0.6 is 0 Å². The second-order valence-corrected chi connectivity index (χ2v) is 4.22. The van der Waals surface area contributed by atoms with Crippen LogP contribution in [0.3, 0.4) is 0 Å². The molecule has 1 aliphatic rings. The second-order valence-electron chi connectivity index (χ2n) is 4.22. The van der Waals surface area contributed by atoms with Crippen molar-refractivity contribution < 1.29 is 24.9 Å². The van der Waals surface area contributed by atoms with Gasteiger partial charge in [0.25, 0.3) is 5.78 Å². The van der Waals surface area contributed by atoms with Gasteiger partial charge in [-0.25, -0.2) is 0 Å². The lowest BCUT2D eigenvalue weighted by Gasteiger charge is -2.17. The summed E-state index contributed by atoms with van der Waals surface area (Å²) in [6, 6.07) is 8.13. The van der Waals surface area contributed by atoms with Crippen molar-refractivity contribution in [1.29, 1.82) is 0 Å².